The molecule has 0 amide bonds. The van der Waals surface area contributed by atoms with Crippen molar-refractivity contribution in [3.05, 3.63) is 0 Å². The SMILES string of the molecule is CC1CCCC(CNC(CO)C(C)C)C1. The molecule has 0 radical (unpaired) electrons. The van der Waals surface area contributed by atoms with Crippen molar-refractivity contribution in [3.8, 4) is 0 Å². The fourth-order valence-electron chi connectivity index (χ4n) is 2.57. The smallest absolute Gasteiger partial charge is 0.0587 e. The molecule has 2 heteroatoms. The predicted molar refractivity (Wildman–Crippen MR) is 64.8 cm³/mol. The number of rotatable bonds is 5. The lowest BCUT2D eigenvalue weighted by Crippen LogP contribution is -2.40. The Labute approximate surface area is 94.5 Å². The zero-order valence-corrected chi connectivity index (χ0v) is 10.5. The van der Waals surface area contributed by atoms with Gasteiger partial charge in [-0.1, -0.05) is 33.6 Å². The van der Waals surface area contributed by atoms with Gasteiger partial charge in [0, 0.05) is 6.04 Å². The zero-order chi connectivity index (χ0) is 11.3. The second-order valence-electron chi connectivity index (χ2n) is 5.58. The highest BCUT2D eigenvalue weighted by molar-refractivity contribution is 4.76. The van der Waals surface area contributed by atoms with E-state index in [1.807, 2.05) is 0 Å². The summed E-state index contributed by atoms with van der Waals surface area (Å²) < 4.78 is 0. The Hall–Kier alpha value is -0.0800. The first-order chi connectivity index (χ1) is 7.13. The average molecular weight is 213 g/mol. The van der Waals surface area contributed by atoms with Gasteiger partial charge in [-0.25, -0.2) is 0 Å². The summed E-state index contributed by atoms with van der Waals surface area (Å²) in [6.07, 6.45) is 5.53. The van der Waals surface area contributed by atoms with Crippen molar-refractivity contribution in [3.63, 3.8) is 0 Å². The van der Waals surface area contributed by atoms with Gasteiger partial charge in [-0.2, -0.15) is 0 Å². The third kappa shape index (κ3) is 4.52. The van der Waals surface area contributed by atoms with E-state index >= 15 is 0 Å². The van der Waals surface area contributed by atoms with Crippen LogP contribution in [-0.2, 0) is 0 Å². The quantitative estimate of drug-likeness (QED) is 0.735. The molecule has 3 atom stereocenters. The first-order valence-corrected chi connectivity index (χ1v) is 6.47. The summed E-state index contributed by atoms with van der Waals surface area (Å²) in [5, 5.41) is 12.7. The van der Waals surface area contributed by atoms with E-state index in [0.717, 1.165) is 18.4 Å². The molecule has 0 aromatic rings. The molecule has 3 unspecified atom stereocenters. The molecule has 1 saturated carbocycles. The Morgan fingerprint density at radius 1 is 1.33 bits per heavy atom. The van der Waals surface area contributed by atoms with Crippen LogP contribution in [0.4, 0.5) is 0 Å². The van der Waals surface area contributed by atoms with Crippen molar-refractivity contribution in [1.29, 1.82) is 0 Å². The topological polar surface area (TPSA) is 32.3 Å². The van der Waals surface area contributed by atoms with Crippen molar-refractivity contribution in [2.45, 2.75) is 52.5 Å². The highest BCUT2D eigenvalue weighted by Crippen LogP contribution is 2.28. The Morgan fingerprint density at radius 2 is 2.07 bits per heavy atom. The summed E-state index contributed by atoms with van der Waals surface area (Å²) in [5.41, 5.74) is 0. The predicted octanol–water partition coefficient (Wildman–Crippen LogP) is 2.42. The molecule has 0 saturated heterocycles. The van der Waals surface area contributed by atoms with E-state index < -0.39 is 0 Å². The molecule has 90 valence electrons. The van der Waals surface area contributed by atoms with Crippen LogP contribution in [-0.4, -0.2) is 24.3 Å². The third-order valence-electron chi connectivity index (χ3n) is 3.72. The second-order valence-corrected chi connectivity index (χ2v) is 5.58. The van der Waals surface area contributed by atoms with Crippen LogP contribution in [0.1, 0.15) is 46.5 Å². The lowest BCUT2D eigenvalue weighted by atomic mass is 9.82. The molecule has 1 aliphatic carbocycles. The minimum atomic E-state index is 0.264. The third-order valence-corrected chi connectivity index (χ3v) is 3.72. The number of hydrogen-bond acceptors (Lipinski definition) is 2. The van der Waals surface area contributed by atoms with Crippen molar-refractivity contribution in [2.24, 2.45) is 17.8 Å². The molecule has 2 N–H and O–H groups in total. The van der Waals surface area contributed by atoms with E-state index in [-0.39, 0.29) is 12.6 Å². The fourth-order valence-corrected chi connectivity index (χ4v) is 2.57. The molecular formula is C13H27NO. The van der Waals surface area contributed by atoms with E-state index in [9.17, 15) is 5.11 Å². The summed E-state index contributed by atoms with van der Waals surface area (Å²) >= 11 is 0. The number of nitrogens with one attached hydrogen (secondary N) is 1. The van der Waals surface area contributed by atoms with Gasteiger partial charge in [0.15, 0.2) is 0 Å². The van der Waals surface area contributed by atoms with Crippen molar-refractivity contribution in [1.82, 2.24) is 5.32 Å². The molecule has 1 fully saturated rings. The molecule has 0 aromatic carbocycles. The highest BCUT2D eigenvalue weighted by Gasteiger charge is 2.20. The van der Waals surface area contributed by atoms with Gasteiger partial charge in [0.2, 0.25) is 0 Å². The molecule has 0 aromatic heterocycles. The normalized spacial score (nSPS) is 29.4. The standard InChI is InChI=1S/C13H27NO/c1-10(2)13(9-15)14-8-12-6-4-5-11(3)7-12/h10-15H,4-9H2,1-3H3. The van der Waals surface area contributed by atoms with Crippen LogP contribution in [0.5, 0.6) is 0 Å². The van der Waals surface area contributed by atoms with Crippen LogP contribution in [0.25, 0.3) is 0 Å². The molecule has 0 heterocycles. The zero-order valence-electron chi connectivity index (χ0n) is 10.5. The first kappa shape index (κ1) is 13.0. The van der Waals surface area contributed by atoms with E-state index in [4.69, 9.17) is 0 Å². The maximum atomic E-state index is 9.22. The fraction of sp³-hybridized carbons (Fsp3) is 1.00. The van der Waals surface area contributed by atoms with Crippen LogP contribution >= 0.6 is 0 Å². The monoisotopic (exact) mass is 213 g/mol. The van der Waals surface area contributed by atoms with Crippen LogP contribution in [0.3, 0.4) is 0 Å². The van der Waals surface area contributed by atoms with Crippen LogP contribution in [0, 0.1) is 17.8 Å². The van der Waals surface area contributed by atoms with Crippen LogP contribution in [0.2, 0.25) is 0 Å². The van der Waals surface area contributed by atoms with Gasteiger partial charge in [-0.05, 0) is 37.1 Å². The molecule has 1 aliphatic rings. The molecule has 1 rings (SSSR count). The van der Waals surface area contributed by atoms with Gasteiger partial charge >= 0.3 is 0 Å². The van der Waals surface area contributed by atoms with Crippen molar-refractivity contribution in [2.75, 3.05) is 13.2 Å². The van der Waals surface area contributed by atoms with E-state index in [2.05, 4.69) is 26.1 Å². The average Bonchev–Trinajstić information content (AvgIpc) is 2.18. The van der Waals surface area contributed by atoms with Gasteiger partial charge in [0.05, 0.1) is 6.61 Å². The minimum absolute atomic E-state index is 0.264. The molecule has 15 heavy (non-hydrogen) atoms. The molecule has 0 spiro atoms. The van der Waals surface area contributed by atoms with E-state index in [1.54, 1.807) is 0 Å². The van der Waals surface area contributed by atoms with Crippen molar-refractivity contribution >= 4 is 0 Å². The minimum Gasteiger partial charge on any atom is -0.395 e. The van der Waals surface area contributed by atoms with Gasteiger partial charge in [-0.3, -0.25) is 0 Å². The Morgan fingerprint density at radius 3 is 2.60 bits per heavy atom. The second kappa shape index (κ2) is 6.49. The lowest BCUT2D eigenvalue weighted by molar-refractivity contribution is 0.193. The number of aliphatic hydroxyl groups is 1. The molecule has 2 nitrogen and oxygen atoms in total. The summed E-state index contributed by atoms with van der Waals surface area (Å²) in [4.78, 5) is 0. The highest BCUT2D eigenvalue weighted by atomic mass is 16.3. The van der Waals surface area contributed by atoms with Gasteiger partial charge in [0.1, 0.15) is 0 Å². The number of aliphatic hydroxyl groups excluding tert-OH is 1. The first-order valence-electron chi connectivity index (χ1n) is 6.47. The van der Waals surface area contributed by atoms with E-state index in [0.29, 0.717) is 5.92 Å². The van der Waals surface area contributed by atoms with Gasteiger partial charge < -0.3 is 10.4 Å². The Balaban J connectivity index is 2.23. The maximum absolute atomic E-state index is 9.22. The summed E-state index contributed by atoms with van der Waals surface area (Å²) in [7, 11) is 0. The van der Waals surface area contributed by atoms with Gasteiger partial charge in [-0.15, -0.1) is 0 Å². The molecule has 0 bridgehead atoms. The van der Waals surface area contributed by atoms with Crippen LogP contribution in [0.15, 0.2) is 0 Å². The molecular weight excluding hydrogens is 186 g/mol. The van der Waals surface area contributed by atoms with Gasteiger partial charge in [0.25, 0.3) is 0 Å². The summed E-state index contributed by atoms with van der Waals surface area (Å²) in [5.74, 6) is 2.26. The van der Waals surface area contributed by atoms with Crippen LogP contribution < -0.4 is 5.32 Å². The summed E-state index contributed by atoms with van der Waals surface area (Å²) in [6.45, 7) is 8.04. The lowest BCUT2D eigenvalue weighted by Gasteiger charge is -2.29. The largest absolute Gasteiger partial charge is 0.395 e. The Bertz CT molecular complexity index is 170. The Kier molecular flexibility index (Phi) is 5.62. The van der Waals surface area contributed by atoms with Crippen molar-refractivity contribution < 1.29 is 5.11 Å². The number of hydrogen-bond donors (Lipinski definition) is 2. The summed E-state index contributed by atoms with van der Waals surface area (Å²) in [6, 6.07) is 0.280. The molecule has 0 aliphatic heterocycles. The van der Waals surface area contributed by atoms with E-state index in [1.165, 1.54) is 25.7 Å². The maximum Gasteiger partial charge on any atom is 0.0587 e.